The number of ether oxygens (including phenoxy) is 2. The molecule has 0 aliphatic rings. The van der Waals surface area contributed by atoms with Crippen LogP contribution < -0.4 is 9.47 Å². The van der Waals surface area contributed by atoms with Gasteiger partial charge in [-0.2, -0.15) is 0 Å². The molecule has 0 fully saturated rings. The van der Waals surface area contributed by atoms with E-state index in [1.54, 1.807) is 48.5 Å². The average molecular weight is 333 g/mol. The number of alkyl halides is 1. The van der Waals surface area contributed by atoms with Crippen LogP contribution in [0, 0.1) is 5.92 Å². The van der Waals surface area contributed by atoms with Crippen molar-refractivity contribution in [3.63, 3.8) is 0 Å². The third kappa shape index (κ3) is 5.29. The molecule has 2 atom stereocenters. The zero-order valence-electron chi connectivity index (χ0n) is 13.4. The van der Waals surface area contributed by atoms with Gasteiger partial charge in [0.05, 0.1) is 10.9 Å². The number of rotatable bonds is 7. The van der Waals surface area contributed by atoms with E-state index in [9.17, 15) is 4.79 Å². The Balaban J connectivity index is 1.88. The lowest BCUT2D eigenvalue weighted by atomic mass is 10.1. The van der Waals surface area contributed by atoms with E-state index in [4.69, 9.17) is 21.1 Å². The van der Waals surface area contributed by atoms with Crippen molar-refractivity contribution in [1.82, 2.24) is 0 Å². The van der Waals surface area contributed by atoms with Gasteiger partial charge in [-0.3, -0.25) is 0 Å². The summed E-state index contributed by atoms with van der Waals surface area (Å²) < 4.78 is 11.0. The Morgan fingerprint density at radius 3 is 2.26 bits per heavy atom. The molecule has 3 nitrogen and oxygen atoms in total. The zero-order valence-corrected chi connectivity index (χ0v) is 14.1. The van der Waals surface area contributed by atoms with Gasteiger partial charge >= 0.3 is 5.97 Å². The van der Waals surface area contributed by atoms with Gasteiger partial charge in [0, 0.05) is 0 Å². The normalized spacial score (nSPS) is 13.2. The summed E-state index contributed by atoms with van der Waals surface area (Å²) in [5.41, 5.74) is 0.520. The fourth-order valence-electron chi connectivity index (χ4n) is 1.94. The number of halogens is 1. The SMILES string of the molecule is CC[C@H](C)[C@H](Cl)COc1ccc(OC(=O)c2ccccc2)cc1. The molecule has 0 radical (unpaired) electrons. The number of hydrogen-bond donors (Lipinski definition) is 0. The van der Waals surface area contributed by atoms with Crippen LogP contribution >= 0.6 is 11.6 Å². The number of esters is 1. The predicted octanol–water partition coefficient (Wildman–Crippen LogP) is 4.94. The molecule has 122 valence electrons. The minimum Gasteiger partial charge on any atom is -0.492 e. The van der Waals surface area contributed by atoms with Gasteiger partial charge in [-0.05, 0) is 42.3 Å². The molecule has 2 aromatic carbocycles. The highest BCUT2D eigenvalue weighted by Gasteiger charge is 2.13. The first-order chi connectivity index (χ1) is 11.1. The van der Waals surface area contributed by atoms with E-state index in [0.717, 1.165) is 6.42 Å². The molecule has 4 heteroatoms. The first kappa shape index (κ1) is 17.4. The fourth-order valence-corrected chi connectivity index (χ4v) is 2.18. The van der Waals surface area contributed by atoms with Crippen molar-refractivity contribution >= 4 is 17.6 Å². The second-order valence-electron chi connectivity index (χ2n) is 5.44. The summed E-state index contributed by atoms with van der Waals surface area (Å²) in [4.78, 5) is 12.0. The Morgan fingerprint density at radius 1 is 1.04 bits per heavy atom. The Morgan fingerprint density at radius 2 is 1.65 bits per heavy atom. The summed E-state index contributed by atoms with van der Waals surface area (Å²) in [6.07, 6.45) is 1.02. The highest BCUT2D eigenvalue weighted by atomic mass is 35.5. The second-order valence-corrected chi connectivity index (χ2v) is 6.00. The standard InChI is InChI=1S/C19H21ClO3/c1-3-14(2)18(20)13-22-16-9-11-17(12-10-16)23-19(21)15-7-5-4-6-8-15/h4-12,14,18H,3,13H2,1-2H3/t14-,18+/m0/s1. The van der Waals surface area contributed by atoms with Crippen LogP contribution in [0.4, 0.5) is 0 Å². The van der Waals surface area contributed by atoms with Crippen molar-refractivity contribution in [1.29, 1.82) is 0 Å². The third-order valence-electron chi connectivity index (χ3n) is 3.71. The molecule has 0 N–H and O–H groups in total. The fraction of sp³-hybridized carbons (Fsp3) is 0.316. The van der Waals surface area contributed by atoms with E-state index in [0.29, 0.717) is 29.6 Å². The molecule has 0 saturated carbocycles. The Labute approximate surface area is 142 Å². The molecular weight excluding hydrogens is 312 g/mol. The van der Waals surface area contributed by atoms with E-state index in [2.05, 4.69) is 13.8 Å². The van der Waals surface area contributed by atoms with Gasteiger partial charge in [0.15, 0.2) is 0 Å². The maximum absolute atomic E-state index is 12.0. The van der Waals surface area contributed by atoms with Crippen molar-refractivity contribution in [2.24, 2.45) is 5.92 Å². The molecule has 0 bridgehead atoms. The topological polar surface area (TPSA) is 35.5 Å². The lowest BCUT2D eigenvalue weighted by Crippen LogP contribution is -2.19. The van der Waals surface area contributed by atoms with E-state index < -0.39 is 0 Å². The van der Waals surface area contributed by atoms with E-state index in [-0.39, 0.29) is 11.3 Å². The minimum absolute atomic E-state index is 0.0180. The average Bonchev–Trinajstić information content (AvgIpc) is 2.60. The first-order valence-electron chi connectivity index (χ1n) is 7.74. The van der Waals surface area contributed by atoms with Crippen LogP contribution in [0.5, 0.6) is 11.5 Å². The van der Waals surface area contributed by atoms with E-state index in [1.807, 2.05) is 6.07 Å². The van der Waals surface area contributed by atoms with Crippen LogP contribution in [0.15, 0.2) is 54.6 Å². The molecule has 0 saturated heterocycles. The highest BCUT2D eigenvalue weighted by Crippen LogP contribution is 2.21. The van der Waals surface area contributed by atoms with E-state index in [1.165, 1.54) is 0 Å². The molecule has 0 aliphatic carbocycles. The number of carbonyl (C=O) groups is 1. The Bertz CT molecular complexity index is 610. The number of benzene rings is 2. The first-order valence-corrected chi connectivity index (χ1v) is 8.18. The molecule has 2 rings (SSSR count). The summed E-state index contributed by atoms with van der Waals surface area (Å²) in [7, 11) is 0. The molecule has 0 spiro atoms. The molecule has 0 amide bonds. The van der Waals surface area contributed by atoms with Crippen LogP contribution in [-0.4, -0.2) is 18.0 Å². The summed E-state index contributed by atoms with van der Waals surface area (Å²) in [6, 6.07) is 15.9. The molecular formula is C19H21ClO3. The number of carbonyl (C=O) groups excluding carboxylic acids is 1. The third-order valence-corrected chi connectivity index (χ3v) is 4.27. The summed E-state index contributed by atoms with van der Waals surface area (Å²) in [6.45, 7) is 4.67. The number of hydrogen-bond acceptors (Lipinski definition) is 3. The van der Waals surface area contributed by atoms with Gasteiger partial charge in [-0.1, -0.05) is 38.5 Å². The van der Waals surface area contributed by atoms with Crippen molar-refractivity contribution in [2.75, 3.05) is 6.61 Å². The Hall–Kier alpha value is -2.00. The van der Waals surface area contributed by atoms with Gasteiger partial charge in [0.25, 0.3) is 0 Å². The molecule has 0 aliphatic heterocycles. The molecule has 0 aromatic heterocycles. The lowest BCUT2D eigenvalue weighted by molar-refractivity contribution is 0.0734. The predicted molar refractivity (Wildman–Crippen MR) is 92.4 cm³/mol. The van der Waals surface area contributed by atoms with E-state index >= 15 is 0 Å². The quantitative estimate of drug-likeness (QED) is 0.409. The van der Waals surface area contributed by atoms with Crippen molar-refractivity contribution in [3.05, 3.63) is 60.2 Å². The Kier molecular flexibility index (Phi) is 6.48. The van der Waals surface area contributed by atoms with Crippen LogP contribution in [0.2, 0.25) is 0 Å². The van der Waals surface area contributed by atoms with Crippen LogP contribution in [-0.2, 0) is 0 Å². The van der Waals surface area contributed by atoms with Crippen LogP contribution in [0.25, 0.3) is 0 Å². The molecule has 0 unspecified atom stereocenters. The zero-order chi connectivity index (χ0) is 16.7. The molecule has 0 heterocycles. The van der Waals surface area contributed by atoms with Crippen LogP contribution in [0.3, 0.4) is 0 Å². The summed E-state index contributed by atoms with van der Waals surface area (Å²) in [5.74, 6) is 1.22. The van der Waals surface area contributed by atoms with Crippen LogP contribution in [0.1, 0.15) is 30.6 Å². The van der Waals surface area contributed by atoms with Crippen molar-refractivity contribution < 1.29 is 14.3 Å². The maximum atomic E-state index is 12.0. The second kappa shape index (κ2) is 8.59. The molecule has 23 heavy (non-hydrogen) atoms. The largest absolute Gasteiger partial charge is 0.492 e. The summed E-state index contributed by atoms with van der Waals surface area (Å²) >= 11 is 6.25. The van der Waals surface area contributed by atoms with Crippen molar-refractivity contribution in [3.8, 4) is 11.5 Å². The van der Waals surface area contributed by atoms with Gasteiger partial charge in [0.1, 0.15) is 18.1 Å². The van der Waals surface area contributed by atoms with Gasteiger partial charge in [-0.15, -0.1) is 11.6 Å². The monoisotopic (exact) mass is 332 g/mol. The summed E-state index contributed by atoms with van der Waals surface area (Å²) in [5, 5.41) is -0.0180. The maximum Gasteiger partial charge on any atom is 0.343 e. The minimum atomic E-state index is -0.378. The van der Waals surface area contributed by atoms with Gasteiger partial charge in [0.2, 0.25) is 0 Å². The van der Waals surface area contributed by atoms with Crippen molar-refractivity contribution in [2.45, 2.75) is 25.6 Å². The molecule has 2 aromatic rings. The van der Waals surface area contributed by atoms with Gasteiger partial charge < -0.3 is 9.47 Å². The smallest absolute Gasteiger partial charge is 0.343 e. The van der Waals surface area contributed by atoms with Gasteiger partial charge in [-0.25, -0.2) is 4.79 Å². The lowest BCUT2D eigenvalue weighted by Gasteiger charge is -2.16. The highest BCUT2D eigenvalue weighted by molar-refractivity contribution is 6.20.